The van der Waals surface area contributed by atoms with E-state index >= 15 is 0 Å². The highest BCUT2D eigenvalue weighted by Gasteiger charge is 2.09. The molecule has 0 aliphatic carbocycles. The van der Waals surface area contributed by atoms with Crippen LogP contribution in [-0.2, 0) is 6.42 Å². The fourth-order valence-electron chi connectivity index (χ4n) is 2.11. The molecule has 0 aliphatic rings. The van der Waals surface area contributed by atoms with E-state index in [4.69, 9.17) is 0 Å². The van der Waals surface area contributed by atoms with E-state index in [9.17, 15) is 13.6 Å². The van der Waals surface area contributed by atoms with Crippen LogP contribution in [0.1, 0.15) is 15.2 Å². The van der Waals surface area contributed by atoms with Crippen molar-refractivity contribution in [3.8, 4) is 10.4 Å². The second kappa shape index (κ2) is 7.02. The van der Waals surface area contributed by atoms with Crippen molar-refractivity contribution < 1.29 is 13.6 Å². The summed E-state index contributed by atoms with van der Waals surface area (Å²) in [7, 11) is 0. The summed E-state index contributed by atoms with van der Waals surface area (Å²) in [5.74, 6) is -2.38. The van der Waals surface area contributed by atoms with Crippen LogP contribution in [0.15, 0.2) is 47.2 Å². The summed E-state index contributed by atoms with van der Waals surface area (Å²) in [6.07, 6.45) is 0.699. The molecule has 0 aliphatic heterocycles. The van der Waals surface area contributed by atoms with Crippen molar-refractivity contribution in [1.29, 1.82) is 0 Å². The Hall–Kier alpha value is -2.05. The van der Waals surface area contributed by atoms with Gasteiger partial charge in [-0.1, -0.05) is 0 Å². The topological polar surface area (TPSA) is 29.1 Å². The van der Waals surface area contributed by atoms with Crippen LogP contribution >= 0.6 is 22.7 Å². The monoisotopic (exact) mass is 349 g/mol. The Bertz CT molecular complexity index is 812. The minimum Gasteiger partial charge on any atom is -0.352 e. The van der Waals surface area contributed by atoms with Crippen molar-refractivity contribution in [3.63, 3.8) is 0 Å². The molecule has 1 aromatic carbocycles. The van der Waals surface area contributed by atoms with E-state index < -0.39 is 17.5 Å². The Balaban J connectivity index is 1.55. The molecular weight excluding hydrogens is 336 g/mol. The largest absolute Gasteiger partial charge is 0.352 e. The van der Waals surface area contributed by atoms with Crippen LogP contribution in [0.4, 0.5) is 8.78 Å². The van der Waals surface area contributed by atoms with Crippen LogP contribution in [0.3, 0.4) is 0 Å². The lowest BCUT2D eigenvalue weighted by molar-refractivity contribution is 0.0953. The molecule has 2 nitrogen and oxygen atoms in total. The maximum atomic E-state index is 13.1. The quantitative estimate of drug-likeness (QED) is 0.709. The van der Waals surface area contributed by atoms with Gasteiger partial charge < -0.3 is 5.32 Å². The Morgan fingerprint density at radius 2 is 1.96 bits per heavy atom. The number of halogens is 2. The molecule has 0 radical (unpaired) electrons. The molecule has 6 heteroatoms. The van der Waals surface area contributed by atoms with E-state index in [1.807, 2.05) is 11.4 Å². The first-order valence-electron chi connectivity index (χ1n) is 6.98. The fourth-order valence-corrected chi connectivity index (χ4v) is 3.84. The van der Waals surface area contributed by atoms with Crippen molar-refractivity contribution in [2.24, 2.45) is 0 Å². The standard InChI is InChI=1S/C17H13F2NOS2/c18-14-3-1-11(9-15(14)19)17(21)20-7-5-13-2-4-16(23-13)12-6-8-22-10-12/h1-4,6,8-10H,5,7H2,(H,20,21). The molecule has 1 N–H and O–H groups in total. The Morgan fingerprint density at radius 3 is 2.70 bits per heavy atom. The van der Waals surface area contributed by atoms with E-state index in [0.717, 1.165) is 17.0 Å². The Morgan fingerprint density at radius 1 is 1.09 bits per heavy atom. The number of hydrogen-bond acceptors (Lipinski definition) is 3. The van der Waals surface area contributed by atoms with Crippen LogP contribution in [0.25, 0.3) is 10.4 Å². The SMILES string of the molecule is O=C(NCCc1ccc(-c2ccsc2)s1)c1ccc(F)c(F)c1. The van der Waals surface area contributed by atoms with Gasteiger partial charge in [0.2, 0.25) is 0 Å². The molecule has 0 atom stereocenters. The van der Waals surface area contributed by atoms with Crippen LogP contribution in [-0.4, -0.2) is 12.5 Å². The average molecular weight is 349 g/mol. The zero-order valence-electron chi connectivity index (χ0n) is 12.0. The second-order valence-corrected chi connectivity index (χ2v) is 6.86. The summed E-state index contributed by atoms with van der Waals surface area (Å²) < 4.78 is 26.0. The number of benzene rings is 1. The summed E-state index contributed by atoms with van der Waals surface area (Å²) in [5, 5.41) is 6.85. The number of carbonyl (C=O) groups is 1. The first-order chi connectivity index (χ1) is 11.1. The Labute approximate surface area is 140 Å². The van der Waals surface area contributed by atoms with Gasteiger partial charge in [-0.2, -0.15) is 11.3 Å². The summed E-state index contributed by atoms with van der Waals surface area (Å²) in [6.45, 7) is 0.446. The molecular formula is C17H13F2NOS2. The van der Waals surface area contributed by atoms with Crippen molar-refractivity contribution in [2.45, 2.75) is 6.42 Å². The highest BCUT2D eigenvalue weighted by atomic mass is 32.1. The summed E-state index contributed by atoms with van der Waals surface area (Å²) in [6, 6.07) is 9.32. The molecule has 0 bridgehead atoms. The number of nitrogens with one attached hydrogen (secondary N) is 1. The number of hydrogen-bond donors (Lipinski definition) is 1. The molecule has 2 heterocycles. The normalized spacial score (nSPS) is 10.7. The lowest BCUT2D eigenvalue weighted by Crippen LogP contribution is -2.25. The molecule has 2 aromatic heterocycles. The van der Waals surface area contributed by atoms with Crippen LogP contribution < -0.4 is 5.32 Å². The highest BCUT2D eigenvalue weighted by molar-refractivity contribution is 7.16. The van der Waals surface area contributed by atoms with Gasteiger partial charge in [-0.25, -0.2) is 8.78 Å². The first kappa shape index (κ1) is 15.8. The predicted molar refractivity (Wildman–Crippen MR) is 90.0 cm³/mol. The molecule has 118 valence electrons. The molecule has 0 fully saturated rings. The lowest BCUT2D eigenvalue weighted by Gasteiger charge is -2.04. The molecule has 3 rings (SSSR count). The molecule has 0 spiro atoms. The predicted octanol–water partition coefficient (Wildman–Crippen LogP) is 4.73. The van der Waals surface area contributed by atoms with E-state index in [0.29, 0.717) is 13.0 Å². The third-order valence-electron chi connectivity index (χ3n) is 3.31. The average Bonchev–Trinajstić information content (AvgIpc) is 3.20. The van der Waals surface area contributed by atoms with Gasteiger partial charge in [-0.05, 0) is 53.6 Å². The summed E-state index contributed by atoms with van der Waals surface area (Å²) in [4.78, 5) is 14.3. The Kier molecular flexibility index (Phi) is 4.83. The number of carbonyl (C=O) groups excluding carboxylic acids is 1. The molecule has 3 aromatic rings. The van der Waals surface area contributed by atoms with Crippen LogP contribution in [0, 0.1) is 11.6 Å². The van der Waals surface area contributed by atoms with Gasteiger partial charge in [0, 0.05) is 27.4 Å². The minimum absolute atomic E-state index is 0.119. The maximum Gasteiger partial charge on any atom is 0.251 e. The highest BCUT2D eigenvalue weighted by Crippen LogP contribution is 2.29. The lowest BCUT2D eigenvalue weighted by atomic mass is 10.2. The molecule has 0 saturated heterocycles. The third-order valence-corrected chi connectivity index (χ3v) is 5.18. The summed E-state index contributed by atoms with van der Waals surface area (Å²) >= 11 is 3.35. The van der Waals surface area contributed by atoms with Gasteiger partial charge in [-0.15, -0.1) is 11.3 Å². The number of rotatable bonds is 5. The molecule has 23 heavy (non-hydrogen) atoms. The molecule has 0 saturated carbocycles. The zero-order valence-corrected chi connectivity index (χ0v) is 13.6. The fraction of sp³-hybridized carbons (Fsp3) is 0.118. The number of thiophene rings is 2. The smallest absolute Gasteiger partial charge is 0.251 e. The van der Waals surface area contributed by atoms with Gasteiger partial charge in [-0.3, -0.25) is 4.79 Å². The first-order valence-corrected chi connectivity index (χ1v) is 8.74. The van der Waals surface area contributed by atoms with Crippen molar-refractivity contribution in [1.82, 2.24) is 5.32 Å². The summed E-state index contributed by atoms with van der Waals surface area (Å²) in [5.41, 5.74) is 1.33. The minimum atomic E-state index is -1.02. The van der Waals surface area contributed by atoms with Gasteiger partial charge in [0.1, 0.15) is 0 Å². The van der Waals surface area contributed by atoms with Gasteiger partial charge in [0.15, 0.2) is 11.6 Å². The van der Waals surface area contributed by atoms with Crippen LogP contribution in [0.2, 0.25) is 0 Å². The van der Waals surface area contributed by atoms with Crippen molar-refractivity contribution >= 4 is 28.6 Å². The molecule has 0 unspecified atom stereocenters. The van der Waals surface area contributed by atoms with E-state index in [1.165, 1.54) is 16.5 Å². The van der Waals surface area contributed by atoms with Gasteiger partial charge in [0.05, 0.1) is 0 Å². The van der Waals surface area contributed by atoms with E-state index in [2.05, 4.69) is 22.8 Å². The van der Waals surface area contributed by atoms with Gasteiger partial charge in [0.25, 0.3) is 5.91 Å². The maximum absolute atomic E-state index is 13.1. The van der Waals surface area contributed by atoms with Gasteiger partial charge >= 0.3 is 0 Å². The third kappa shape index (κ3) is 3.83. The second-order valence-electron chi connectivity index (χ2n) is 4.91. The zero-order chi connectivity index (χ0) is 16.2. The van der Waals surface area contributed by atoms with E-state index in [-0.39, 0.29) is 5.56 Å². The van der Waals surface area contributed by atoms with Crippen molar-refractivity contribution in [2.75, 3.05) is 6.54 Å². The number of amides is 1. The molecule has 1 amide bonds. The van der Waals surface area contributed by atoms with Crippen LogP contribution in [0.5, 0.6) is 0 Å². The van der Waals surface area contributed by atoms with E-state index in [1.54, 1.807) is 22.7 Å². The van der Waals surface area contributed by atoms with Crippen molar-refractivity contribution in [3.05, 3.63) is 69.2 Å².